The van der Waals surface area contributed by atoms with E-state index in [1.165, 1.54) is 0 Å². The van der Waals surface area contributed by atoms with Crippen LogP contribution < -0.4 is 10.1 Å². The molecule has 1 N–H and O–H groups in total. The smallest absolute Gasteiger partial charge is 0.409 e. The highest BCUT2D eigenvalue weighted by Gasteiger charge is 2.21. The van der Waals surface area contributed by atoms with Gasteiger partial charge in [0.2, 0.25) is 5.91 Å². The van der Waals surface area contributed by atoms with Crippen LogP contribution in [0.25, 0.3) is 0 Å². The monoisotopic (exact) mass is 391 g/mol. The number of carbonyl (C=O) groups excluding carboxylic acids is 2. The van der Waals surface area contributed by atoms with Crippen LogP contribution in [0.1, 0.15) is 25.8 Å². The first kappa shape index (κ1) is 22.0. The topological polar surface area (TPSA) is 71.1 Å². The van der Waals surface area contributed by atoms with E-state index in [1.807, 2.05) is 45.0 Å². The maximum atomic E-state index is 12.2. The lowest BCUT2D eigenvalue weighted by molar-refractivity contribution is -0.122. The summed E-state index contributed by atoms with van der Waals surface area (Å²) in [5, 5.41) is 2.89. The van der Waals surface area contributed by atoms with Crippen LogP contribution in [-0.4, -0.2) is 74.3 Å². The Morgan fingerprint density at radius 1 is 1.18 bits per heavy atom. The Morgan fingerprint density at radius 3 is 2.75 bits per heavy atom. The largest absolute Gasteiger partial charge is 0.492 e. The van der Waals surface area contributed by atoms with E-state index in [0.29, 0.717) is 51.9 Å². The third-order valence-corrected chi connectivity index (χ3v) is 4.44. The molecule has 0 saturated carbocycles. The van der Waals surface area contributed by atoms with Crippen LogP contribution >= 0.6 is 0 Å². The lowest BCUT2D eigenvalue weighted by Gasteiger charge is -2.21. The quantitative estimate of drug-likeness (QED) is 0.689. The fraction of sp³-hybridized carbons (Fsp3) is 0.619. The van der Waals surface area contributed by atoms with Gasteiger partial charge in [-0.25, -0.2) is 4.79 Å². The molecule has 156 valence electrons. The first-order valence-electron chi connectivity index (χ1n) is 10.0. The molecule has 1 aromatic carbocycles. The van der Waals surface area contributed by atoms with Crippen molar-refractivity contribution in [3.05, 3.63) is 29.8 Å². The lowest BCUT2D eigenvalue weighted by atomic mass is 10.2. The molecule has 0 unspecified atom stereocenters. The Kier molecular flexibility index (Phi) is 9.07. The number of ether oxygens (including phenoxy) is 2. The molecule has 1 aromatic rings. The van der Waals surface area contributed by atoms with E-state index in [-0.39, 0.29) is 12.0 Å². The molecule has 7 nitrogen and oxygen atoms in total. The highest BCUT2D eigenvalue weighted by Crippen LogP contribution is 2.11. The highest BCUT2D eigenvalue weighted by atomic mass is 16.6. The van der Waals surface area contributed by atoms with Gasteiger partial charge in [-0.3, -0.25) is 9.69 Å². The summed E-state index contributed by atoms with van der Waals surface area (Å²) in [7, 11) is 0. The van der Waals surface area contributed by atoms with Crippen LogP contribution in [0, 0.1) is 12.8 Å². The molecule has 0 aliphatic carbocycles. The Hall–Kier alpha value is -2.28. The van der Waals surface area contributed by atoms with E-state index in [2.05, 4.69) is 10.2 Å². The van der Waals surface area contributed by atoms with E-state index in [9.17, 15) is 9.59 Å². The predicted molar refractivity (Wildman–Crippen MR) is 108 cm³/mol. The van der Waals surface area contributed by atoms with Crippen molar-refractivity contribution in [1.29, 1.82) is 0 Å². The second-order valence-corrected chi connectivity index (χ2v) is 7.60. The normalized spacial score (nSPS) is 15.2. The van der Waals surface area contributed by atoms with Crippen LogP contribution in [0.4, 0.5) is 4.79 Å². The van der Waals surface area contributed by atoms with Crippen LogP contribution in [-0.2, 0) is 9.53 Å². The summed E-state index contributed by atoms with van der Waals surface area (Å²) in [5.41, 5.74) is 1.14. The fourth-order valence-corrected chi connectivity index (χ4v) is 2.96. The average molecular weight is 392 g/mol. The minimum absolute atomic E-state index is 0.0244. The summed E-state index contributed by atoms with van der Waals surface area (Å²) in [6.07, 6.45) is 0.578. The second-order valence-electron chi connectivity index (χ2n) is 7.60. The van der Waals surface area contributed by atoms with Gasteiger partial charge in [0.1, 0.15) is 12.4 Å². The van der Waals surface area contributed by atoms with Gasteiger partial charge in [0.05, 0.1) is 19.7 Å². The number of hydrogen-bond donors (Lipinski definition) is 1. The summed E-state index contributed by atoms with van der Waals surface area (Å²) >= 11 is 0. The zero-order chi connectivity index (χ0) is 20.4. The zero-order valence-electron chi connectivity index (χ0n) is 17.3. The number of aryl methyl sites for hydroxylation is 1. The van der Waals surface area contributed by atoms with E-state index in [0.717, 1.165) is 24.3 Å². The molecule has 2 rings (SSSR count). The number of carbonyl (C=O) groups is 2. The summed E-state index contributed by atoms with van der Waals surface area (Å²) < 4.78 is 10.9. The standard InChI is InChI=1S/C21H33N3O4/c1-17(2)16-28-21(26)24-10-5-9-23(11-12-24)15-20(25)22-8-13-27-19-7-4-6-18(3)14-19/h4,6-7,14,17H,5,8-13,15-16H2,1-3H3,(H,22,25). The Morgan fingerprint density at radius 2 is 2.00 bits per heavy atom. The molecular weight excluding hydrogens is 358 g/mol. The van der Waals surface area contributed by atoms with Gasteiger partial charge in [0.25, 0.3) is 0 Å². The number of hydrogen-bond acceptors (Lipinski definition) is 5. The van der Waals surface area contributed by atoms with Gasteiger partial charge in [0, 0.05) is 26.2 Å². The third-order valence-electron chi connectivity index (χ3n) is 4.44. The molecule has 28 heavy (non-hydrogen) atoms. The summed E-state index contributed by atoms with van der Waals surface area (Å²) in [6.45, 7) is 10.4. The Balaban J connectivity index is 1.63. The molecular formula is C21H33N3O4. The lowest BCUT2D eigenvalue weighted by Crippen LogP contribution is -2.41. The number of amides is 2. The van der Waals surface area contributed by atoms with E-state index < -0.39 is 0 Å². The Labute approximate surface area is 168 Å². The Bertz CT molecular complexity index is 636. The van der Waals surface area contributed by atoms with Gasteiger partial charge in [-0.1, -0.05) is 26.0 Å². The number of nitrogens with zero attached hydrogens (tertiary/aromatic N) is 2. The molecule has 0 aromatic heterocycles. The van der Waals surface area contributed by atoms with Crippen LogP contribution in [0.15, 0.2) is 24.3 Å². The summed E-state index contributed by atoms with van der Waals surface area (Å²) in [4.78, 5) is 28.1. The van der Waals surface area contributed by atoms with Crippen molar-refractivity contribution >= 4 is 12.0 Å². The van der Waals surface area contributed by atoms with Gasteiger partial charge in [-0.2, -0.15) is 0 Å². The molecule has 1 saturated heterocycles. The summed E-state index contributed by atoms with van der Waals surface area (Å²) in [6, 6.07) is 7.84. The number of rotatable bonds is 8. The molecule has 0 spiro atoms. The van der Waals surface area contributed by atoms with Gasteiger partial charge < -0.3 is 19.7 Å². The molecule has 1 aliphatic rings. The maximum Gasteiger partial charge on any atom is 0.409 e. The molecule has 7 heteroatoms. The zero-order valence-corrected chi connectivity index (χ0v) is 17.3. The van der Waals surface area contributed by atoms with Crippen LogP contribution in [0.3, 0.4) is 0 Å². The summed E-state index contributed by atoms with van der Waals surface area (Å²) in [5.74, 6) is 1.11. The van der Waals surface area contributed by atoms with Crippen molar-refractivity contribution < 1.29 is 19.1 Å². The van der Waals surface area contributed by atoms with Crippen molar-refractivity contribution in [3.8, 4) is 5.75 Å². The molecule has 0 radical (unpaired) electrons. The molecule has 2 amide bonds. The van der Waals surface area contributed by atoms with E-state index in [4.69, 9.17) is 9.47 Å². The first-order chi connectivity index (χ1) is 13.4. The van der Waals surface area contributed by atoms with Crippen LogP contribution in [0.2, 0.25) is 0 Å². The van der Waals surface area contributed by atoms with Gasteiger partial charge >= 0.3 is 6.09 Å². The van der Waals surface area contributed by atoms with Crippen molar-refractivity contribution in [2.24, 2.45) is 5.92 Å². The first-order valence-corrected chi connectivity index (χ1v) is 10.0. The van der Waals surface area contributed by atoms with Gasteiger partial charge in [0.15, 0.2) is 0 Å². The van der Waals surface area contributed by atoms with Crippen molar-refractivity contribution in [2.75, 3.05) is 52.5 Å². The SMILES string of the molecule is Cc1cccc(OCCNC(=O)CN2CCCN(C(=O)OCC(C)C)CC2)c1. The highest BCUT2D eigenvalue weighted by molar-refractivity contribution is 5.78. The number of benzene rings is 1. The minimum atomic E-state index is -0.256. The van der Waals surface area contributed by atoms with E-state index >= 15 is 0 Å². The fourth-order valence-electron chi connectivity index (χ4n) is 2.96. The molecule has 0 atom stereocenters. The number of nitrogens with one attached hydrogen (secondary N) is 1. The maximum absolute atomic E-state index is 12.2. The van der Waals surface area contributed by atoms with Gasteiger partial charge in [-0.05, 0) is 37.0 Å². The predicted octanol–water partition coefficient (Wildman–Crippen LogP) is 2.29. The molecule has 1 fully saturated rings. The second kappa shape index (κ2) is 11.5. The van der Waals surface area contributed by atoms with Gasteiger partial charge in [-0.15, -0.1) is 0 Å². The average Bonchev–Trinajstić information content (AvgIpc) is 2.89. The molecule has 1 heterocycles. The van der Waals surface area contributed by atoms with Crippen LogP contribution in [0.5, 0.6) is 5.75 Å². The van der Waals surface area contributed by atoms with E-state index in [1.54, 1.807) is 4.90 Å². The van der Waals surface area contributed by atoms with Crippen molar-refractivity contribution in [1.82, 2.24) is 15.1 Å². The molecule has 0 bridgehead atoms. The molecule has 1 aliphatic heterocycles. The third kappa shape index (κ3) is 8.17. The van der Waals surface area contributed by atoms with Crippen molar-refractivity contribution in [2.45, 2.75) is 27.2 Å². The minimum Gasteiger partial charge on any atom is -0.492 e. The van der Waals surface area contributed by atoms with Crippen molar-refractivity contribution in [3.63, 3.8) is 0 Å².